The fourth-order valence-corrected chi connectivity index (χ4v) is 2.08. The van der Waals surface area contributed by atoms with Crippen LogP contribution in [0.2, 0.25) is 0 Å². The van der Waals surface area contributed by atoms with Crippen molar-refractivity contribution in [2.75, 3.05) is 5.43 Å². The Bertz CT molecular complexity index is 792. The third kappa shape index (κ3) is 2.02. The second kappa shape index (κ2) is 5.11. The highest BCUT2D eigenvalue weighted by Crippen LogP contribution is 2.16. The molecule has 0 fully saturated rings. The normalized spacial score (nSPS) is 10.7. The lowest BCUT2D eigenvalue weighted by Gasteiger charge is -2.11. The van der Waals surface area contributed by atoms with Gasteiger partial charge in [-0.3, -0.25) is 13.9 Å². The van der Waals surface area contributed by atoms with Gasteiger partial charge in [-0.15, -0.1) is 5.43 Å². The first kappa shape index (κ1) is 13.7. The Kier molecular flexibility index (Phi) is 3.51. The van der Waals surface area contributed by atoms with Crippen LogP contribution in [0.1, 0.15) is 13.8 Å². The number of hydrazine groups is 1. The standard InChI is InChI=1S/C11H13N5O4/c1-3-14-9-8(10(17)15(4-2)11(14)18)7(5-6-12-9)13-16(19)20/h5-6H,3-4H2,1-2H3,(H,12,13). The molecule has 0 saturated carbocycles. The summed E-state index contributed by atoms with van der Waals surface area (Å²) in [5, 5.41) is 9.87. The highest BCUT2D eigenvalue weighted by Gasteiger charge is 2.17. The molecule has 0 aliphatic rings. The summed E-state index contributed by atoms with van der Waals surface area (Å²) in [5.41, 5.74) is 1.06. The molecule has 0 unspecified atom stereocenters. The van der Waals surface area contributed by atoms with Crippen LogP contribution in [0.5, 0.6) is 0 Å². The highest BCUT2D eigenvalue weighted by atomic mass is 16.7. The second-order valence-corrected chi connectivity index (χ2v) is 4.00. The summed E-state index contributed by atoms with van der Waals surface area (Å²) in [6, 6.07) is 1.33. The molecule has 2 aromatic heterocycles. The van der Waals surface area contributed by atoms with E-state index in [0.717, 1.165) is 4.57 Å². The Morgan fingerprint density at radius 3 is 2.50 bits per heavy atom. The molecular weight excluding hydrogens is 266 g/mol. The van der Waals surface area contributed by atoms with Gasteiger partial charge in [0, 0.05) is 19.3 Å². The molecule has 0 amide bonds. The molecule has 0 atom stereocenters. The number of hydrogen-bond donors (Lipinski definition) is 1. The second-order valence-electron chi connectivity index (χ2n) is 4.00. The Morgan fingerprint density at radius 1 is 1.30 bits per heavy atom. The van der Waals surface area contributed by atoms with Crippen LogP contribution in [-0.2, 0) is 13.1 Å². The third-order valence-corrected chi connectivity index (χ3v) is 2.95. The first-order valence-corrected chi connectivity index (χ1v) is 6.04. The molecule has 0 aliphatic carbocycles. The minimum absolute atomic E-state index is 0.0226. The van der Waals surface area contributed by atoms with Gasteiger partial charge in [-0.2, -0.15) is 0 Å². The van der Waals surface area contributed by atoms with Crippen LogP contribution in [0, 0.1) is 10.1 Å². The number of pyridine rings is 1. The van der Waals surface area contributed by atoms with Crippen molar-refractivity contribution in [3.63, 3.8) is 0 Å². The molecule has 0 spiro atoms. The SMILES string of the molecule is CCn1c(=O)c2c(N[N+](=O)[O-])ccnc2n(CC)c1=O. The van der Waals surface area contributed by atoms with Gasteiger partial charge in [0.15, 0.2) is 10.7 Å². The van der Waals surface area contributed by atoms with Crippen LogP contribution in [0.4, 0.5) is 5.69 Å². The fraction of sp³-hybridized carbons (Fsp3) is 0.364. The van der Waals surface area contributed by atoms with E-state index in [4.69, 9.17) is 0 Å². The van der Waals surface area contributed by atoms with Crippen molar-refractivity contribution in [2.24, 2.45) is 0 Å². The predicted molar refractivity (Wildman–Crippen MR) is 72.2 cm³/mol. The van der Waals surface area contributed by atoms with Crippen molar-refractivity contribution in [3.8, 4) is 0 Å². The first-order valence-electron chi connectivity index (χ1n) is 6.04. The van der Waals surface area contributed by atoms with E-state index in [9.17, 15) is 19.7 Å². The summed E-state index contributed by atoms with van der Waals surface area (Å²) in [4.78, 5) is 39.0. The lowest BCUT2D eigenvalue weighted by Crippen LogP contribution is -2.40. The van der Waals surface area contributed by atoms with Gasteiger partial charge >= 0.3 is 5.69 Å². The molecule has 9 heteroatoms. The molecule has 0 saturated heterocycles. The lowest BCUT2D eigenvalue weighted by atomic mass is 10.2. The quantitative estimate of drug-likeness (QED) is 0.632. The molecule has 0 aliphatic heterocycles. The predicted octanol–water partition coefficient (Wildman–Crippen LogP) is 0.202. The summed E-state index contributed by atoms with van der Waals surface area (Å²) in [6.07, 6.45) is 1.31. The zero-order valence-electron chi connectivity index (χ0n) is 11.0. The van der Waals surface area contributed by atoms with Crippen LogP contribution in [0.15, 0.2) is 21.9 Å². The number of nitrogens with one attached hydrogen (secondary N) is 1. The molecule has 9 nitrogen and oxygen atoms in total. The summed E-state index contributed by atoms with van der Waals surface area (Å²) < 4.78 is 2.34. The Hall–Kier alpha value is -2.71. The van der Waals surface area contributed by atoms with Gasteiger partial charge in [0.1, 0.15) is 11.1 Å². The Labute approximate surface area is 112 Å². The average molecular weight is 279 g/mol. The molecule has 106 valence electrons. The highest BCUT2D eigenvalue weighted by molar-refractivity contribution is 5.87. The minimum Gasteiger partial charge on any atom is -0.278 e. The van der Waals surface area contributed by atoms with E-state index in [1.165, 1.54) is 16.8 Å². The summed E-state index contributed by atoms with van der Waals surface area (Å²) >= 11 is 0. The molecule has 1 N–H and O–H groups in total. The van der Waals surface area contributed by atoms with Crippen LogP contribution >= 0.6 is 0 Å². The topological polar surface area (TPSA) is 112 Å². The Morgan fingerprint density at radius 2 is 1.95 bits per heavy atom. The van der Waals surface area contributed by atoms with Gasteiger partial charge in [-0.1, -0.05) is 0 Å². The number of aryl methyl sites for hydroxylation is 1. The van der Waals surface area contributed by atoms with E-state index in [2.05, 4.69) is 4.98 Å². The number of fused-ring (bicyclic) bond motifs is 1. The van der Waals surface area contributed by atoms with E-state index in [1.807, 2.05) is 5.43 Å². The van der Waals surface area contributed by atoms with Crippen molar-refractivity contribution in [1.29, 1.82) is 0 Å². The van der Waals surface area contributed by atoms with Crippen molar-refractivity contribution in [2.45, 2.75) is 26.9 Å². The van der Waals surface area contributed by atoms with Crippen molar-refractivity contribution in [3.05, 3.63) is 43.2 Å². The van der Waals surface area contributed by atoms with Gasteiger partial charge in [-0.05, 0) is 19.9 Å². The molecule has 20 heavy (non-hydrogen) atoms. The van der Waals surface area contributed by atoms with Crippen LogP contribution in [0.3, 0.4) is 0 Å². The van der Waals surface area contributed by atoms with Crippen LogP contribution in [0.25, 0.3) is 11.0 Å². The van der Waals surface area contributed by atoms with Gasteiger partial charge in [-0.25, -0.2) is 19.9 Å². The summed E-state index contributed by atoms with van der Waals surface area (Å²) in [6.45, 7) is 3.89. The maximum atomic E-state index is 12.3. The van der Waals surface area contributed by atoms with Crippen molar-refractivity contribution >= 4 is 16.7 Å². The molecule has 0 aromatic carbocycles. The zero-order chi connectivity index (χ0) is 14.9. The van der Waals surface area contributed by atoms with Crippen molar-refractivity contribution < 1.29 is 5.03 Å². The van der Waals surface area contributed by atoms with Gasteiger partial charge < -0.3 is 0 Å². The molecule has 0 bridgehead atoms. The van der Waals surface area contributed by atoms with Crippen LogP contribution in [-0.4, -0.2) is 19.2 Å². The average Bonchev–Trinajstić information content (AvgIpc) is 2.39. The number of nitrogens with zero attached hydrogens (tertiary/aromatic N) is 4. The van der Waals surface area contributed by atoms with Gasteiger partial charge in [0.25, 0.3) is 5.56 Å². The lowest BCUT2D eigenvalue weighted by molar-refractivity contribution is -0.445. The largest absolute Gasteiger partial charge is 0.332 e. The fourth-order valence-electron chi connectivity index (χ4n) is 2.08. The molecule has 2 aromatic rings. The van der Waals surface area contributed by atoms with E-state index in [0.29, 0.717) is 6.54 Å². The molecule has 2 rings (SSSR count). The number of hydrogen-bond acceptors (Lipinski definition) is 5. The van der Waals surface area contributed by atoms with Crippen LogP contribution < -0.4 is 16.7 Å². The molecular formula is C11H13N5O4. The van der Waals surface area contributed by atoms with E-state index >= 15 is 0 Å². The number of nitro groups is 1. The maximum absolute atomic E-state index is 12.3. The number of rotatable bonds is 4. The number of aromatic nitrogens is 3. The smallest absolute Gasteiger partial charge is 0.278 e. The maximum Gasteiger partial charge on any atom is 0.332 e. The minimum atomic E-state index is -0.758. The van der Waals surface area contributed by atoms with E-state index in [-0.39, 0.29) is 23.3 Å². The van der Waals surface area contributed by atoms with Gasteiger partial charge in [0.2, 0.25) is 0 Å². The first-order chi connectivity index (χ1) is 9.51. The Balaban J connectivity index is 2.98. The van der Waals surface area contributed by atoms with Crippen molar-refractivity contribution in [1.82, 2.24) is 14.1 Å². The third-order valence-electron chi connectivity index (χ3n) is 2.95. The van der Waals surface area contributed by atoms with E-state index in [1.54, 1.807) is 13.8 Å². The van der Waals surface area contributed by atoms with E-state index < -0.39 is 16.3 Å². The summed E-state index contributed by atoms with van der Waals surface area (Å²) in [7, 11) is 0. The number of anilines is 1. The molecule has 0 radical (unpaired) electrons. The zero-order valence-corrected chi connectivity index (χ0v) is 11.0. The summed E-state index contributed by atoms with van der Waals surface area (Å²) in [5.74, 6) is 0. The molecule has 2 heterocycles. The van der Waals surface area contributed by atoms with Gasteiger partial charge in [0.05, 0.1) is 0 Å². The monoisotopic (exact) mass is 279 g/mol.